The number of phenols is 1. The smallest absolute Gasteiger partial charge is 0.256 e. The second-order valence-electron chi connectivity index (χ2n) is 8.01. The highest BCUT2D eigenvalue weighted by atomic mass is 16.3. The van der Waals surface area contributed by atoms with E-state index in [4.69, 9.17) is 4.99 Å². The van der Waals surface area contributed by atoms with Crippen LogP contribution in [0.3, 0.4) is 0 Å². The molecule has 1 N–H and O–H groups in total. The molecule has 0 bridgehead atoms. The minimum absolute atomic E-state index is 0.202. The van der Waals surface area contributed by atoms with Gasteiger partial charge in [0.15, 0.2) is 0 Å². The Balaban J connectivity index is 1.53. The van der Waals surface area contributed by atoms with E-state index in [9.17, 15) is 9.90 Å². The Hall–Kier alpha value is -2.62. The molecule has 2 aromatic rings. The quantitative estimate of drug-likeness (QED) is 0.743. The van der Waals surface area contributed by atoms with Crippen LogP contribution in [-0.4, -0.2) is 27.3 Å². The first kappa shape index (κ1) is 18.7. The summed E-state index contributed by atoms with van der Waals surface area (Å²) in [7, 11) is 0. The monoisotopic (exact) mass is 376 g/mol. The van der Waals surface area contributed by atoms with Crippen LogP contribution in [0.2, 0.25) is 0 Å². The number of hydrogen-bond donors (Lipinski definition) is 1. The highest BCUT2D eigenvalue weighted by Crippen LogP contribution is 2.40. The van der Waals surface area contributed by atoms with Gasteiger partial charge >= 0.3 is 0 Å². The predicted molar refractivity (Wildman–Crippen MR) is 112 cm³/mol. The number of hydrogen-bond acceptors (Lipinski definition) is 3. The van der Waals surface area contributed by atoms with Crippen LogP contribution < -0.4 is 0 Å². The van der Waals surface area contributed by atoms with Crippen LogP contribution in [0.25, 0.3) is 11.1 Å². The first-order valence-electron chi connectivity index (χ1n) is 10.4. The van der Waals surface area contributed by atoms with Crippen molar-refractivity contribution in [2.45, 2.75) is 64.0 Å². The zero-order valence-corrected chi connectivity index (χ0v) is 16.5. The molecule has 2 aromatic carbocycles. The average molecular weight is 377 g/mol. The van der Waals surface area contributed by atoms with E-state index in [1.807, 2.05) is 17.0 Å². The molecular weight excluding hydrogens is 348 g/mol. The van der Waals surface area contributed by atoms with E-state index >= 15 is 0 Å². The summed E-state index contributed by atoms with van der Waals surface area (Å²) < 4.78 is 0. The lowest BCUT2D eigenvalue weighted by atomic mass is 9.98. The molecule has 0 saturated heterocycles. The number of amides is 1. The van der Waals surface area contributed by atoms with Gasteiger partial charge in [-0.1, -0.05) is 62.6 Å². The Bertz CT molecular complexity index is 880. The number of aromatic hydroxyl groups is 1. The summed E-state index contributed by atoms with van der Waals surface area (Å²) in [5.41, 5.74) is 2.68. The highest BCUT2D eigenvalue weighted by molar-refractivity contribution is 6.08. The molecule has 1 aliphatic carbocycles. The number of phenolic OH excluding ortho intramolecular Hbond substituents is 1. The minimum atomic E-state index is -0.468. The molecule has 4 nitrogen and oxygen atoms in total. The fourth-order valence-electron chi connectivity index (χ4n) is 4.37. The van der Waals surface area contributed by atoms with Gasteiger partial charge in [-0.15, -0.1) is 0 Å². The van der Waals surface area contributed by atoms with Crippen molar-refractivity contribution in [2.75, 3.05) is 0 Å². The maximum Gasteiger partial charge on any atom is 0.256 e. The summed E-state index contributed by atoms with van der Waals surface area (Å²) in [6.45, 7) is 2.76. The molecule has 2 aliphatic rings. The van der Waals surface area contributed by atoms with Gasteiger partial charge in [0.1, 0.15) is 17.1 Å². The average Bonchev–Trinajstić information content (AvgIpc) is 3.28. The van der Waals surface area contributed by atoms with Gasteiger partial charge in [-0.25, -0.2) is 0 Å². The van der Waals surface area contributed by atoms with Gasteiger partial charge < -0.3 is 5.11 Å². The number of amidine groups is 1. The number of benzene rings is 2. The molecule has 146 valence electrons. The van der Waals surface area contributed by atoms with E-state index in [-0.39, 0.29) is 11.7 Å². The fraction of sp³-hybridized carbons (Fsp3) is 0.417. The molecule has 0 atom stereocenters. The second kappa shape index (κ2) is 7.78. The molecule has 1 saturated carbocycles. The lowest BCUT2D eigenvalue weighted by Crippen LogP contribution is -2.40. The number of aliphatic imine (C=N–C) groups is 1. The van der Waals surface area contributed by atoms with Gasteiger partial charge in [0.05, 0.1) is 6.54 Å². The maximum atomic E-state index is 13.2. The number of unbranched alkanes of at least 4 members (excludes halogenated alkanes) is 1. The Morgan fingerprint density at radius 1 is 1.07 bits per heavy atom. The number of carbonyl (C=O) groups is 1. The third-order valence-electron chi connectivity index (χ3n) is 5.96. The molecule has 1 heterocycles. The standard InChI is InChI=1S/C24H28N2O2/c1-2-3-9-22-25-24(14-4-5-15-24)23(28)26(22)17-18-10-12-19(13-11-18)20-7-6-8-21(27)16-20/h6-8,10-13,16,27H,2-5,9,14-15,17H2,1H3. The second-order valence-corrected chi connectivity index (χ2v) is 8.01. The summed E-state index contributed by atoms with van der Waals surface area (Å²) >= 11 is 0. The predicted octanol–water partition coefficient (Wildman–Crippen LogP) is 5.30. The largest absolute Gasteiger partial charge is 0.508 e. The molecule has 4 rings (SSSR count). The SMILES string of the molecule is CCCCC1=NC2(CCCC2)C(=O)N1Cc1ccc(-c2cccc(O)c2)cc1. The van der Waals surface area contributed by atoms with E-state index in [0.717, 1.165) is 67.5 Å². The maximum absolute atomic E-state index is 13.2. The normalized spacial score (nSPS) is 18.1. The Morgan fingerprint density at radius 2 is 1.82 bits per heavy atom. The third kappa shape index (κ3) is 3.56. The van der Waals surface area contributed by atoms with Crippen LogP contribution in [0, 0.1) is 0 Å². The Kier molecular flexibility index (Phi) is 5.21. The van der Waals surface area contributed by atoms with Gasteiger partial charge in [-0.05, 0) is 48.1 Å². The van der Waals surface area contributed by atoms with E-state index in [0.29, 0.717) is 6.54 Å². The first-order valence-corrected chi connectivity index (χ1v) is 10.4. The van der Waals surface area contributed by atoms with Crippen molar-refractivity contribution in [1.82, 2.24) is 4.90 Å². The molecule has 0 radical (unpaired) electrons. The molecular formula is C24H28N2O2. The minimum Gasteiger partial charge on any atom is -0.508 e. The topological polar surface area (TPSA) is 52.9 Å². The summed E-state index contributed by atoms with van der Waals surface area (Å²) in [6, 6.07) is 15.5. The van der Waals surface area contributed by atoms with Gasteiger partial charge in [-0.2, -0.15) is 0 Å². The Labute approximate surface area is 166 Å². The fourth-order valence-corrected chi connectivity index (χ4v) is 4.37. The summed E-state index contributed by atoms with van der Waals surface area (Å²) in [4.78, 5) is 20.1. The molecule has 4 heteroatoms. The van der Waals surface area contributed by atoms with Gasteiger partial charge in [0, 0.05) is 6.42 Å². The van der Waals surface area contributed by atoms with Crippen molar-refractivity contribution in [2.24, 2.45) is 4.99 Å². The summed E-state index contributed by atoms with van der Waals surface area (Å²) in [5, 5.41) is 9.69. The molecule has 1 fully saturated rings. The van der Waals surface area contributed by atoms with Crippen LogP contribution in [0.4, 0.5) is 0 Å². The van der Waals surface area contributed by atoms with E-state index in [2.05, 4.69) is 31.2 Å². The van der Waals surface area contributed by atoms with Gasteiger partial charge in [-0.3, -0.25) is 14.7 Å². The zero-order chi connectivity index (χ0) is 19.6. The first-order chi connectivity index (χ1) is 13.6. The van der Waals surface area contributed by atoms with Crippen molar-refractivity contribution < 1.29 is 9.90 Å². The number of nitrogens with zero attached hydrogens (tertiary/aromatic N) is 2. The van der Waals surface area contributed by atoms with Crippen LogP contribution >= 0.6 is 0 Å². The van der Waals surface area contributed by atoms with Crippen molar-refractivity contribution in [3.05, 3.63) is 54.1 Å². The summed E-state index contributed by atoms with van der Waals surface area (Å²) in [6.07, 6.45) is 7.04. The van der Waals surface area contributed by atoms with Crippen molar-refractivity contribution >= 4 is 11.7 Å². The van der Waals surface area contributed by atoms with Gasteiger partial charge in [0.25, 0.3) is 5.91 Å². The molecule has 28 heavy (non-hydrogen) atoms. The van der Waals surface area contributed by atoms with Crippen LogP contribution in [-0.2, 0) is 11.3 Å². The molecule has 0 aromatic heterocycles. The lowest BCUT2D eigenvalue weighted by molar-refractivity contribution is -0.131. The highest BCUT2D eigenvalue weighted by Gasteiger charge is 2.49. The molecule has 1 spiro atoms. The molecule has 0 unspecified atom stereocenters. The third-order valence-corrected chi connectivity index (χ3v) is 5.96. The van der Waals surface area contributed by atoms with E-state index < -0.39 is 5.54 Å². The van der Waals surface area contributed by atoms with Crippen molar-refractivity contribution in [3.63, 3.8) is 0 Å². The molecule has 1 aliphatic heterocycles. The summed E-state index contributed by atoms with van der Waals surface area (Å²) in [5.74, 6) is 1.45. The van der Waals surface area contributed by atoms with E-state index in [1.165, 1.54) is 0 Å². The van der Waals surface area contributed by atoms with E-state index in [1.54, 1.807) is 12.1 Å². The van der Waals surface area contributed by atoms with Crippen molar-refractivity contribution in [1.29, 1.82) is 0 Å². The van der Waals surface area contributed by atoms with Crippen LogP contribution in [0.5, 0.6) is 5.75 Å². The van der Waals surface area contributed by atoms with Crippen LogP contribution in [0.1, 0.15) is 57.4 Å². The zero-order valence-electron chi connectivity index (χ0n) is 16.5. The lowest BCUT2D eigenvalue weighted by Gasteiger charge is -2.22. The van der Waals surface area contributed by atoms with Crippen molar-refractivity contribution in [3.8, 4) is 16.9 Å². The molecule has 1 amide bonds. The Morgan fingerprint density at radius 3 is 2.50 bits per heavy atom. The van der Waals surface area contributed by atoms with Gasteiger partial charge in [0.2, 0.25) is 0 Å². The number of carbonyl (C=O) groups excluding carboxylic acids is 1. The van der Waals surface area contributed by atoms with Crippen LogP contribution in [0.15, 0.2) is 53.5 Å². The number of rotatable bonds is 6.